The highest BCUT2D eigenvalue weighted by Crippen LogP contribution is 2.33. The van der Waals surface area contributed by atoms with Crippen molar-refractivity contribution in [1.29, 1.82) is 0 Å². The molecule has 5 nitrogen and oxygen atoms in total. The Morgan fingerprint density at radius 1 is 1.24 bits per heavy atom. The summed E-state index contributed by atoms with van der Waals surface area (Å²) in [4.78, 5) is 32.7. The van der Waals surface area contributed by atoms with Crippen molar-refractivity contribution in [2.45, 2.75) is 33.6 Å². The molecule has 25 heavy (non-hydrogen) atoms. The van der Waals surface area contributed by atoms with Gasteiger partial charge in [-0.25, -0.2) is 9.97 Å². The lowest BCUT2D eigenvalue weighted by atomic mass is 9.76. The molecule has 3 rings (SSSR count). The van der Waals surface area contributed by atoms with Crippen molar-refractivity contribution >= 4 is 23.7 Å². The van der Waals surface area contributed by atoms with Crippen molar-refractivity contribution in [2.24, 2.45) is 5.41 Å². The Morgan fingerprint density at radius 2 is 2.00 bits per heavy atom. The van der Waals surface area contributed by atoms with Crippen LogP contribution in [-0.4, -0.2) is 21.7 Å². The normalized spacial score (nSPS) is 15.9. The van der Waals surface area contributed by atoms with Crippen LogP contribution in [0.2, 0.25) is 0 Å². The van der Waals surface area contributed by atoms with E-state index in [-0.39, 0.29) is 23.1 Å². The number of benzene rings is 1. The Balaban J connectivity index is 1.74. The molecule has 0 bridgehead atoms. The molecule has 1 aromatic heterocycles. The van der Waals surface area contributed by atoms with Gasteiger partial charge in [0.25, 0.3) is 5.91 Å². The summed E-state index contributed by atoms with van der Waals surface area (Å²) in [6.45, 7) is 6.07. The summed E-state index contributed by atoms with van der Waals surface area (Å²) >= 11 is 0. The highest BCUT2D eigenvalue weighted by atomic mass is 16.1. The number of nitrogens with zero attached hydrogens (tertiary/aromatic N) is 2. The molecule has 0 radical (unpaired) electrons. The van der Waals surface area contributed by atoms with Gasteiger partial charge in [0.15, 0.2) is 5.78 Å². The van der Waals surface area contributed by atoms with Crippen LogP contribution in [0.25, 0.3) is 6.08 Å². The van der Waals surface area contributed by atoms with Crippen LogP contribution in [0, 0.1) is 12.3 Å². The van der Waals surface area contributed by atoms with Crippen LogP contribution in [-0.2, 0) is 11.2 Å². The number of hydrogen-bond donors (Lipinski definition) is 1. The zero-order valence-corrected chi connectivity index (χ0v) is 14.7. The minimum atomic E-state index is -0.301. The summed E-state index contributed by atoms with van der Waals surface area (Å²) in [6, 6.07) is 7.82. The Hall–Kier alpha value is -2.82. The third-order valence-electron chi connectivity index (χ3n) is 4.29. The number of ketones is 1. The first-order valence-electron chi connectivity index (χ1n) is 8.28. The number of Topliss-reactive ketones (excluding diaryl/α,β-unsaturated/α-hetero) is 1. The molecule has 1 amide bonds. The monoisotopic (exact) mass is 335 g/mol. The molecule has 0 saturated heterocycles. The molecule has 0 spiro atoms. The van der Waals surface area contributed by atoms with Gasteiger partial charge in [-0.2, -0.15) is 0 Å². The van der Waals surface area contributed by atoms with Gasteiger partial charge >= 0.3 is 0 Å². The van der Waals surface area contributed by atoms with E-state index in [2.05, 4.69) is 15.3 Å². The van der Waals surface area contributed by atoms with E-state index >= 15 is 0 Å². The fourth-order valence-corrected chi connectivity index (χ4v) is 2.98. The van der Waals surface area contributed by atoms with Crippen LogP contribution >= 0.6 is 0 Å². The fourth-order valence-electron chi connectivity index (χ4n) is 2.98. The number of nitrogens with one attached hydrogen (secondary N) is 1. The number of hydrogen-bond acceptors (Lipinski definition) is 4. The van der Waals surface area contributed by atoms with Crippen LogP contribution in [0.5, 0.6) is 0 Å². The molecule has 5 heteroatoms. The topological polar surface area (TPSA) is 72.0 Å². The predicted octanol–water partition coefficient (Wildman–Crippen LogP) is 3.59. The molecule has 1 aliphatic rings. The maximum Gasteiger partial charge on any atom is 0.250 e. The zero-order valence-electron chi connectivity index (χ0n) is 14.7. The second-order valence-corrected chi connectivity index (χ2v) is 7.17. The van der Waals surface area contributed by atoms with Gasteiger partial charge in [-0.15, -0.1) is 0 Å². The molecular formula is C20H21N3O2. The average molecular weight is 335 g/mol. The molecule has 1 aliphatic carbocycles. The second-order valence-electron chi connectivity index (χ2n) is 7.17. The number of aryl methyl sites for hydroxylation is 1. The number of aromatic nitrogens is 2. The molecule has 1 aromatic carbocycles. The molecule has 1 N–H and O–H groups in total. The molecule has 0 atom stereocenters. The first-order valence-corrected chi connectivity index (χ1v) is 8.28. The highest BCUT2D eigenvalue weighted by Gasteiger charge is 2.32. The van der Waals surface area contributed by atoms with Crippen LogP contribution in [0.15, 0.2) is 36.5 Å². The van der Waals surface area contributed by atoms with Crippen LogP contribution in [0.4, 0.5) is 5.95 Å². The Kier molecular flexibility index (Phi) is 4.49. The van der Waals surface area contributed by atoms with E-state index in [0.29, 0.717) is 24.1 Å². The van der Waals surface area contributed by atoms with Gasteiger partial charge in [-0.1, -0.05) is 38.1 Å². The van der Waals surface area contributed by atoms with E-state index in [0.717, 1.165) is 11.1 Å². The van der Waals surface area contributed by atoms with Gasteiger partial charge < -0.3 is 0 Å². The number of rotatable bonds is 3. The van der Waals surface area contributed by atoms with Gasteiger partial charge in [-0.3, -0.25) is 14.9 Å². The van der Waals surface area contributed by atoms with Gasteiger partial charge in [0, 0.05) is 18.7 Å². The maximum absolute atomic E-state index is 12.1. The van der Waals surface area contributed by atoms with E-state index < -0.39 is 0 Å². The second kappa shape index (κ2) is 6.59. The minimum Gasteiger partial charge on any atom is -0.294 e. The average Bonchev–Trinajstić information content (AvgIpc) is 2.52. The number of carbonyl (C=O) groups is 2. The molecule has 128 valence electrons. The molecule has 0 unspecified atom stereocenters. The first-order chi connectivity index (χ1) is 11.8. The van der Waals surface area contributed by atoms with Gasteiger partial charge in [-0.05, 0) is 36.0 Å². The van der Waals surface area contributed by atoms with Gasteiger partial charge in [0.2, 0.25) is 5.95 Å². The smallest absolute Gasteiger partial charge is 0.250 e. The number of carbonyl (C=O) groups excluding carboxylic acids is 2. The molecule has 2 aromatic rings. The first kappa shape index (κ1) is 17.0. The Labute approximate surface area is 147 Å². The lowest BCUT2D eigenvalue weighted by Crippen LogP contribution is -2.28. The molecule has 0 fully saturated rings. The summed E-state index contributed by atoms with van der Waals surface area (Å²) in [6.07, 6.45) is 5.92. The summed E-state index contributed by atoms with van der Waals surface area (Å²) in [5, 5.41) is 2.66. The van der Waals surface area contributed by atoms with E-state index in [1.165, 1.54) is 12.3 Å². The summed E-state index contributed by atoms with van der Waals surface area (Å²) in [5.74, 6) is -0.0168. The largest absolute Gasteiger partial charge is 0.294 e. The van der Waals surface area contributed by atoms with Gasteiger partial charge in [0.05, 0.1) is 11.3 Å². The highest BCUT2D eigenvalue weighted by molar-refractivity contribution is 6.01. The van der Waals surface area contributed by atoms with E-state index in [9.17, 15) is 9.59 Å². The van der Waals surface area contributed by atoms with Gasteiger partial charge in [0.1, 0.15) is 0 Å². The Morgan fingerprint density at radius 3 is 2.76 bits per heavy atom. The standard InChI is InChI=1S/C20H21N3O2/c1-13-6-4-5-7-14(13)8-9-18(25)23-19-21-12-15-16(22-19)10-20(2,3)11-17(15)24/h4-9,12H,10-11H2,1-3H3,(H,21,22,23,25)/b9-8+. The number of anilines is 1. The van der Waals surface area contributed by atoms with Crippen LogP contribution in [0.3, 0.4) is 0 Å². The van der Waals surface area contributed by atoms with E-state index in [1.54, 1.807) is 6.08 Å². The molecule has 1 heterocycles. The lowest BCUT2D eigenvalue weighted by Gasteiger charge is -2.29. The lowest BCUT2D eigenvalue weighted by molar-refractivity contribution is -0.111. The minimum absolute atomic E-state index is 0.0589. The van der Waals surface area contributed by atoms with Crippen molar-refractivity contribution in [3.63, 3.8) is 0 Å². The van der Waals surface area contributed by atoms with Crippen molar-refractivity contribution in [3.8, 4) is 0 Å². The van der Waals surface area contributed by atoms with Crippen molar-refractivity contribution in [3.05, 3.63) is 58.9 Å². The summed E-state index contributed by atoms with van der Waals surface area (Å²) in [7, 11) is 0. The quantitative estimate of drug-likeness (QED) is 0.870. The number of fused-ring (bicyclic) bond motifs is 1. The zero-order chi connectivity index (χ0) is 18.0. The maximum atomic E-state index is 12.1. The van der Waals surface area contributed by atoms with Crippen molar-refractivity contribution < 1.29 is 9.59 Å². The Bertz CT molecular complexity index is 869. The predicted molar refractivity (Wildman–Crippen MR) is 97.3 cm³/mol. The molecular weight excluding hydrogens is 314 g/mol. The van der Waals surface area contributed by atoms with Crippen LogP contribution < -0.4 is 5.32 Å². The van der Waals surface area contributed by atoms with E-state index in [4.69, 9.17) is 0 Å². The van der Waals surface area contributed by atoms with E-state index in [1.807, 2.05) is 45.0 Å². The third kappa shape index (κ3) is 3.99. The third-order valence-corrected chi connectivity index (χ3v) is 4.29. The van der Waals surface area contributed by atoms with Crippen molar-refractivity contribution in [1.82, 2.24) is 9.97 Å². The SMILES string of the molecule is Cc1ccccc1/C=C/C(=O)Nc1ncc2c(n1)CC(C)(C)CC2=O. The fraction of sp³-hybridized carbons (Fsp3) is 0.300. The summed E-state index contributed by atoms with van der Waals surface area (Å²) in [5.41, 5.74) is 3.22. The van der Waals surface area contributed by atoms with Crippen molar-refractivity contribution in [2.75, 3.05) is 5.32 Å². The summed E-state index contributed by atoms with van der Waals surface area (Å²) < 4.78 is 0. The number of amides is 1. The molecule has 0 saturated carbocycles. The van der Waals surface area contributed by atoms with Crippen LogP contribution in [0.1, 0.15) is 47.4 Å². The molecule has 0 aliphatic heterocycles.